The minimum Gasteiger partial charge on any atom is -0.0996 e. The summed E-state index contributed by atoms with van der Waals surface area (Å²) < 4.78 is 0. The van der Waals surface area contributed by atoms with E-state index < -0.39 is 0 Å². The number of fused-ring (bicyclic) bond motifs is 1. The second kappa shape index (κ2) is 4.15. The van der Waals surface area contributed by atoms with Crippen LogP contribution in [0.4, 0.5) is 0 Å². The van der Waals surface area contributed by atoms with Crippen molar-refractivity contribution in [2.75, 3.05) is 0 Å². The van der Waals surface area contributed by atoms with Gasteiger partial charge in [-0.3, -0.25) is 0 Å². The Morgan fingerprint density at radius 2 is 2.00 bits per heavy atom. The van der Waals surface area contributed by atoms with Gasteiger partial charge in [-0.1, -0.05) is 37.6 Å². The fourth-order valence-electron chi connectivity index (χ4n) is 3.51. The quantitative estimate of drug-likeness (QED) is 0.548. The first kappa shape index (κ1) is 11.0. The van der Waals surface area contributed by atoms with Gasteiger partial charge in [0.2, 0.25) is 0 Å². The Morgan fingerprint density at radius 1 is 1.27 bits per heavy atom. The van der Waals surface area contributed by atoms with Crippen LogP contribution in [0, 0.1) is 23.7 Å². The van der Waals surface area contributed by atoms with E-state index in [0.717, 1.165) is 23.7 Å². The second-order valence-corrected chi connectivity index (χ2v) is 5.84. The van der Waals surface area contributed by atoms with E-state index in [4.69, 9.17) is 0 Å². The molecule has 2 aliphatic carbocycles. The molecule has 0 aliphatic heterocycles. The van der Waals surface area contributed by atoms with Gasteiger partial charge in [0.25, 0.3) is 0 Å². The van der Waals surface area contributed by atoms with Crippen LogP contribution >= 0.6 is 0 Å². The summed E-state index contributed by atoms with van der Waals surface area (Å²) >= 11 is 0. The van der Waals surface area contributed by atoms with E-state index in [1.54, 1.807) is 5.57 Å². The highest BCUT2D eigenvalue weighted by Crippen LogP contribution is 2.47. The number of rotatable bonds is 1. The normalized spacial score (nSPS) is 36.4. The summed E-state index contributed by atoms with van der Waals surface area (Å²) in [7, 11) is 0. The molecule has 0 aromatic rings. The van der Waals surface area contributed by atoms with Crippen molar-refractivity contribution in [1.82, 2.24) is 0 Å². The molecular formula is C15H24. The summed E-state index contributed by atoms with van der Waals surface area (Å²) in [4.78, 5) is 0. The summed E-state index contributed by atoms with van der Waals surface area (Å²) in [5.41, 5.74) is 3.14. The van der Waals surface area contributed by atoms with Crippen LogP contribution in [-0.2, 0) is 0 Å². The molecule has 0 radical (unpaired) electrons. The fourth-order valence-corrected chi connectivity index (χ4v) is 3.51. The lowest BCUT2D eigenvalue weighted by Gasteiger charge is -2.43. The minimum absolute atomic E-state index is 0.801. The third-order valence-electron chi connectivity index (χ3n) is 4.47. The lowest BCUT2D eigenvalue weighted by Crippen LogP contribution is -2.33. The monoisotopic (exact) mass is 204 g/mol. The van der Waals surface area contributed by atoms with Gasteiger partial charge in [-0.05, 0) is 56.3 Å². The second-order valence-electron chi connectivity index (χ2n) is 5.84. The standard InChI is InChI=1S/C15H24/c1-10(2)13-8-6-12(4)14-7-5-11(3)9-15(13)14/h9-10,13-15H,4-8H2,1-3H3/t13-,14+,15-/m0/s1. The number of hydrogen-bond donors (Lipinski definition) is 0. The average molecular weight is 204 g/mol. The van der Waals surface area contributed by atoms with Crippen molar-refractivity contribution in [3.8, 4) is 0 Å². The van der Waals surface area contributed by atoms with Crippen LogP contribution in [0.3, 0.4) is 0 Å². The Balaban J connectivity index is 2.24. The highest BCUT2D eigenvalue weighted by Gasteiger charge is 2.36. The molecule has 3 atom stereocenters. The van der Waals surface area contributed by atoms with E-state index in [2.05, 4.69) is 33.4 Å². The Morgan fingerprint density at radius 3 is 2.67 bits per heavy atom. The SMILES string of the molecule is C=C1CC[C@@H](C(C)C)[C@@H]2C=C(C)CC[C@H]12. The molecule has 0 aromatic heterocycles. The molecule has 1 fully saturated rings. The largest absolute Gasteiger partial charge is 0.0996 e. The van der Waals surface area contributed by atoms with Gasteiger partial charge < -0.3 is 0 Å². The predicted octanol–water partition coefficient (Wildman–Crippen LogP) is 4.58. The molecule has 84 valence electrons. The zero-order chi connectivity index (χ0) is 11.0. The van der Waals surface area contributed by atoms with E-state index in [1.165, 1.54) is 31.3 Å². The molecule has 2 rings (SSSR count). The van der Waals surface area contributed by atoms with Crippen molar-refractivity contribution < 1.29 is 0 Å². The highest BCUT2D eigenvalue weighted by molar-refractivity contribution is 5.19. The van der Waals surface area contributed by atoms with E-state index in [9.17, 15) is 0 Å². The molecule has 0 N–H and O–H groups in total. The molecule has 0 bridgehead atoms. The van der Waals surface area contributed by atoms with E-state index in [1.807, 2.05) is 0 Å². The Hall–Kier alpha value is -0.520. The topological polar surface area (TPSA) is 0 Å². The smallest absolute Gasteiger partial charge is 0.0134 e. The molecule has 0 heterocycles. The molecule has 0 aromatic carbocycles. The maximum absolute atomic E-state index is 4.29. The van der Waals surface area contributed by atoms with Gasteiger partial charge in [0.15, 0.2) is 0 Å². The summed E-state index contributed by atoms with van der Waals surface area (Å²) in [5, 5.41) is 0. The minimum atomic E-state index is 0.801. The zero-order valence-electron chi connectivity index (χ0n) is 10.4. The van der Waals surface area contributed by atoms with Gasteiger partial charge in [0, 0.05) is 0 Å². The van der Waals surface area contributed by atoms with Gasteiger partial charge in [-0.2, -0.15) is 0 Å². The van der Waals surface area contributed by atoms with Gasteiger partial charge >= 0.3 is 0 Å². The Bertz CT molecular complexity index is 282. The van der Waals surface area contributed by atoms with Crippen LogP contribution < -0.4 is 0 Å². The van der Waals surface area contributed by atoms with Gasteiger partial charge in [-0.15, -0.1) is 0 Å². The Labute approximate surface area is 94.5 Å². The molecule has 2 aliphatic rings. The van der Waals surface area contributed by atoms with Gasteiger partial charge in [-0.25, -0.2) is 0 Å². The van der Waals surface area contributed by atoms with Crippen LogP contribution in [-0.4, -0.2) is 0 Å². The molecule has 0 heteroatoms. The highest BCUT2D eigenvalue weighted by atomic mass is 14.4. The predicted molar refractivity (Wildman–Crippen MR) is 66.7 cm³/mol. The van der Waals surface area contributed by atoms with Crippen LogP contribution in [0.25, 0.3) is 0 Å². The lowest BCUT2D eigenvalue weighted by atomic mass is 9.62. The molecule has 0 amide bonds. The third kappa shape index (κ3) is 2.04. The molecule has 0 nitrogen and oxygen atoms in total. The lowest BCUT2D eigenvalue weighted by molar-refractivity contribution is 0.179. The molecule has 0 spiro atoms. The van der Waals surface area contributed by atoms with Crippen LogP contribution in [0.15, 0.2) is 23.8 Å². The number of allylic oxidation sites excluding steroid dienone is 3. The van der Waals surface area contributed by atoms with E-state index in [0.29, 0.717) is 0 Å². The maximum Gasteiger partial charge on any atom is -0.0134 e. The molecule has 15 heavy (non-hydrogen) atoms. The average Bonchev–Trinajstić information content (AvgIpc) is 2.17. The van der Waals surface area contributed by atoms with Crippen molar-refractivity contribution in [2.45, 2.75) is 46.5 Å². The number of hydrogen-bond acceptors (Lipinski definition) is 0. The van der Waals surface area contributed by atoms with Crippen molar-refractivity contribution in [2.24, 2.45) is 23.7 Å². The fraction of sp³-hybridized carbons (Fsp3) is 0.733. The summed E-state index contributed by atoms with van der Waals surface area (Å²) in [5.74, 6) is 3.33. The first-order valence-electron chi connectivity index (χ1n) is 6.44. The third-order valence-corrected chi connectivity index (χ3v) is 4.47. The molecule has 0 saturated heterocycles. The first-order valence-corrected chi connectivity index (χ1v) is 6.44. The van der Waals surface area contributed by atoms with Crippen LogP contribution in [0.1, 0.15) is 46.5 Å². The summed E-state index contributed by atoms with van der Waals surface area (Å²) in [6.07, 6.45) is 7.85. The molecule has 1 saturated carbocycles. The molecule has 0 unspecified atom stereocenters. The van der Waals surface area contributed by atoms with Crippen LogP contribution in [0.2, 0.25) is 0 Å². The van der Waals surface area contributed by atoms with Gasteiger partial charge in [0.1, 0.15) is 0 Å². The van der Waals surface area contributed by atoms with Crippen molar-refractivity contribution >= 4 is 0 Å². The first-order chi connectivity index (χ1) is 7.09. The van der Waals surface area contributed by atoms with E-state index in [-0.39, 0.29) is 0 Å². The van der Waals surface area contributed by atoms with Gasteiger partial charge in [0.05, 0.1) is 0 Å². The van der Waals surface area contributed by atoms with Crippen molar-refractivity contribution in [3.63, 3.8) is 0 Å². The van der Waals surface area contributed by atoms with E-state index >= 15 is 0 Å². The van der Waals surface area contributed by atoms with Crippen molar-refractivity contribution in [3.05, 3.63) is 23.8 Å². The maximum atomic E-state index is 4.29. The zero-order valence-corrected chi connectivity index (χ0v) is 10.4. The Kier molecular flexibility index (Phi) is 3.04. The van der Waals surface area contributed by atoms with Crippen molar-refractivity contribution in [1.29, 1.82) is 0 Å². The van der Waals surface area contributed by atoms with Crippen LogP contribution in [0.5, 0.6) is 0 Å². The molecular weight excluding hydrogens is 180 g/mol. The summed E-state index contributed by atoms with van der Waals surface area (Å²) in [6, 6.07) is 0. The summed E-state index contributed by atoms with van der Waals surface area (Å²) in [6.45, 7) is 11.3.